The smallest absolute Gasteiger partial charge is 0.410 e. The zero-order valence-corrected chi connectivity index (χ0v) is 15.5. The predicted molar refractivity (Wildman–Crippen MR) is 93.3 cm³/mol. The van der Waals surface area contributed by atoms with Crippen molar-refractivity contribution in [1.82, 2.24) is 15.1 Å². The minimum atomic E-state index is -0.504. The monoisotopic (exact) mass is 345 g/mol. The zero-order valence-electron chi connectivity index (χ0n) is 15.5. The van der Waals surface area contributed by atoms with Crippen molar-refractivity contribution in [3.63, 3.8) is 0 Å². The summed E-state index contributed by atoms with van der Waals surface area (Å²) >= 11 is 0. The Labute approximate surface area is 148 Å². The highest BCUT2D eigenvalue weighted by molar-refractivity contribution is 5.96. The molecule has 2 atom stereocenters. The van der Waals surface area contributed by atoms with Crippen molar-refractivity contribution in [2.24, 2.45) is 5.92 Å². The second kappa shape index (κ2) is 6.73. The number of ketones is 1. The standard InChI is InChI=1S/C19H27N3O3/c1-12-8-9-16(21-20-12)17(23)13-10-14-6-5-7-15(11-13)22(14)18(24)25-19(2,3)4/h8-9,13-15H,5-7,10-11H2,1-4H3. The third-order valence-electron chi connectivity index (χ3n) is 5.00. The predicted octanol–water partition coefficient (Wildman–Crippen LogP) is 3.54. The molecule has 25 heavy (non-hydrogen) atoms. The summed E-state index contributed by atoms with van der Waals surface area (Å²) in [4.78, 5) is 27.3. The van der Waals surface area contributed by atoms with Gasteiger partial charge < -0.3 is 9.64 Å². The first-order valence-corrected chi connectivity index (χ1v) is 9.10. The van der Waals surface area contributed by atoms with Crippen molar-refractivity contribution < 1.29 is 14.3 Å². The van der Waals surface area contributed by atoms with Crippen LogP contribution in [0.1, 0.15) is 69.1 Å². The van der Waals surface area contributed by atoms with Crippen LogP contribution in [0.2, 0.25) is 0 Å². The molecule has 6 nitrogen and oxygen atoms in total. The Bertz CT molecular complexity index is 637. The molecule has 2 bridgehead atoms. The highest BCUT2D eigenvalue weighted by Crippen LogP contribution is 2.39. The summed E-state index contributed by atoms with van der Waals surface area (Å²) < 4.78 is 5.59. The lowest BCUT2D eigenvalue weighted by molar-refractivity contribution is -0.0261. The summed E-state index contributed by atoms with van der Waals surface area (Å²) in [5, 5.41) is 8.04. The maximum atomic E-state index is 12.8. The lowest BCUT2D eigenvalue weighted by Crippen LogP contribution is -2.56. The normalized spacial score (nSPS) is 26.2. The van der Waals surface area contributed by atoms with Gasteiger partial charge in [0, 0.05) is 18.0 Å². The topological polar surface area (TPSA) is 72.4 Å². The van der Waals surface area contributed by atoms with Crippen molar-refractivity contribution in [3.05, 3.63) is 23.5 Å². The van der Waals surface area contributed by atoms with Gasteiger partial charge in [0.15, 0.2) is 5.78 Å². The van der Waals surface area contributed by atoms with E-state index >= 15 is 0 Å². The zero-order chi connectivity index (χ0) is 18.2. The first-order valence-electron chi connectivity index (χ1n) is 9.10. The molecule has 6 heteroatoms. The molecule has 0 aromatic carbocycles. The SMILES string of the molecule is Cc1ccc(C(=O)C2CC3CCCC(C2)N3C(=O)OC(C)(C)C)nn1. The largest absolute Gasteiger partial charge is 0.444 e. The second-order valence-electron chi connectivity index (χ2n) is 8.22. The van der Waals surface area contributed by atoms with Crippen LogP contribution in [0.25, 0.3) is 0 Å². The van der Waals surface area contributed by atoms with E-state index in [1.165, 1.54) is 0 Å². The number of Topliss-reactive ketones (excluding diaryl/α,β-unsaturated/α-hetero) is 1. The van der Waals surface area contributed by atoms with Crippen LogP contribution in [0.5, 0.6) is 0 Å². The Kier molecular flexibility index (Phi) is 4.80. The number of hydrogen-bond acceptors (Lipinski definition) is 5. The lowest BCUT2D eigenvalue weighted by atomic mass is 9.76. The van der Waals surface area contributed by atoms with Gasteiger partial charge in [-0.15, -0.1) is 5.10 Å². The van der Waals surface area contributed by atoms with Gasteiger partial charge >= 0.3 is 6.09 Å². The van der Waals surface area contributed by atoms with Crippen LogP contribution in [0.3, 0.4) is 0 Å². The number of carbonyl (C=O) groups excluding carboxylic acids is 2. The number of hydrogen-bond donors (Lipinski definition) is 0. The molecule has 1 amide bonds. The third-order valence-corrected chi connectivity index (χ3v) is 5.00. The maximum Gasteiger partial charge on any atom is 0.410 e. The molecule has 0 spiro atoms. The van der Waals surface area contributed by atoms with Gasteiger partial charge in [0.2, 0.25) is 0 Å². The number of piperidine rings is 2. The maximum absolute atomic E-state index is 12.8. The number of aromatic nitrogens is 2. The van der Waals surface area contributed by atoms with Gasteiger partial charge in [-0.3, -0.25) is 4.79 Å². The first-order chi connectivity index (χ1) is 11.7. The Balaban J connectivity index is 1.73. The van der Waals surface area contributed by atoms with Crippen molar-refractivity contribution >= 4 is 11.9 Å². The van der Waals surface area contributed by atoms with Crippen LogP contribution < -0.4 is 0 Å². The van der Waals surface area contributed by atoms with E-state index in [1.54, 1.807) is 6.07 Å². The summed E-state index contributed by atoms with van der Waals surface area (Å²) in [5.41, 5.74) is 0.725. The summed E-state index contributed by atoms with van der Waals surface area (Å²) in [5.74, 6) is -0.0424. The van der Waals surface area contributed by atoms with Crippen molar-refractivity contribution in [3.8, 4) is 0 Å². The van der Waals surface area contributed by atoms with E-state index in [1.807, 2.05) is 38.7 Å². The molecule has 2 aliphatic rings. The van der Waals surface area contributed by atoms with E-state index in [-0.39, 0.29) is 29.9 Å². The molecule has 0 saturated carbocycles. The Hall–Kier alpha value is -1.98. The first kappa shape index (κ1) is 17.8. The van der Waals surface area contributed by atoms with Gasteiger partial charge in [0.1, 0.15) is 11.3 Å². The van der Waals surface area contributed by atoms with Crippen LogP contribution in [-0.2, 0) is 4.74 Å². The fourth-order valence-corrected chi connectivity index (χ4v) is 3.95. The highest BCUT2D eigenvalue weighted by atomic mass is 16.6. The molecule has 0 N–H and O–H groups in total. The van der Waals surface area contributed by atoms with E-state index in [2.05, 4.69) is 10.2 Å². The number of nitrogens with zero attached hydrogens (tertiary/aromatic N) is 3. The van der Waals surface area contributed by atoms with Crippen LogP contribution in [0, 0.1) is 12.8 Å². The van der Waals surface area contributed by atoms with Crippen LogP contribution >= 0.6 is 0 Å². The summed E-state index contributed by atoms with van der Waals surface area (Å²) in [6.45, 7) is 7.50. The molecular weight excluding hydrogens is 318 g/mol. The molecule has 3 heterocycles. The Morgan fingerprint density at radius 3 is 2.28 bits per heavy atom. The molecular formula is C19H27N3O3. The number of carbonyl (C=O) groups is 2. The van der Waals surface area contributed by atoms with Gasteiger partial charge in [0.05, 0.1) is 5.69 Å². The van der Waals surface area contributed by atoms with Gasteiger partial charge in [-0.1, -0.05) is 0 Å². The number of aryl methyl sites for hydroxylation is 1. The van der Waals surface area contributed by atoms with Crippen molar-refractivity contribution in [2.45, 2.75) is 77.5 Å². The number of amides is 1. The summed E-state index contributed by atoms with van der Waals surface area (Å²) in [6.07, 6.45) is 4.08. The molecule has 0 radical (unpaired) electrons. The summed E-state index contributed by atoms with van der Waals surface area (Å²) in [6, 6.07) is 3.72. The average molecular weight is 345 g/mol. The summed E-state index contributed by atoms with van der Waals surface area (Å²) in [7, 11) is 0. The van der Waals surface area contributed by atoms with Gasteiger partial charge in [-0.2, -0.15) is 5.10 Å². The minimum absolute atomic E-state index is 0.0493. The van der Waals surface area contributed by atoms with Crippen molar-refractivity contribution in [1.29, 1.82) is 0 Å². The Morgan fingerprint density at radius 2 is 1.76 bits per heavy atom. The van der Waals surface area contributed by atoms with E-state index in [9.17, 15) is 9.59 Å². The third kappa shape index (κ3) is 3.99. The molecule has 3 rings (SSSR count). The van der Waals surface area contributed by atoms with Gasteiger partial charge in [0.25, 0.3) is 0 Å². The fourth-order valence-electron chi connectivity index (χ4n) is 3.95. The molecule has 136 valence electrons. The molecule has 2 saturated heterocycles. The lowest BCUT2D eigenvalue weighted by Gasteiger charge is -2.48. The molecule has 0 aliphatic carbocycles. The van der Waals surface area contributed by atoms with Gasteiger partial charge in [-0.05, 0) is 71.9 Å². The number of fused-ring (bicyclic) bond motifs is 2. The van der Waals surface area contributed by atoms with Crippen LogP contribution in [-0.4, -0.2) is 44.7 Å². The Morgan fingerprint density at radius 1 is 1.12 bits per heavy atom. The van der Waals surface area contributed by atoms with Crippen LogP contribution in [0.15, 0.2) is 12.1 Å². The fraction of sp³-hybridized carbons (Fsp3) is 0.684. The van der Waals surface area contributed by atoms with Crippen LogP contribution in [0.4, 0.5) is 4.79 Å². The quantitative estimate of drug-likeness (QED) is 0.767. The van der Waals surface area contributed by atoms with E-state index < -0.39 is 5.60 Å². The van der Waals surface area contributed by atoms with E-state index in [4.69, 9.17) is 4.74 Å². The molecule has 1 aromatic heterocycles. The van der Waals surface area contributed by atoms with E-state index in [0.29, 0.717) is 18.5 Å². The molecule has 1 aromatic rings. The molecule has 2 fully saturated rings. The second-order valence-corrected chi connectivity index (χ2v) is 8.22. The van der Waals surface area contributed by atoms with Gasteiger partial charge in [-0.25, -0.2) is 4.79 Å². The average Bonchev–Trinajstić information content (AvgIpc) is 2.52. The highest BCUT2D eigenvalue weighted by Gasteiger charge is 2.44. The molecule has 2 aliphatic heterocycles. The van der Waals surface area contributed by atoms with E-state index in [0.717, 1.165) is 25.0 Å². The molecule has 2 unspecified atom stereocenters. The number of ether oxygens (including phenoxy) is 1. The minimum Gasteiger partial charge on any atom is -0.444 e. The van der Waals surface area contributed by atoms with Crippen molar-refractivity contribution in [2.75, 3.05) is 0 Å². The number of rotatable bonds is 2.